The molecule has 0 bridgehead atoms. The molecule has 0 atom stereocenters. The van der Waals surface area contributed by atoms with E-state index in [1.807, 2.05) is 13.0 Å². The lowest BCUT2D eigenvalue weighted by molar-refractivity contribution is -0.137. The zero-order valence-corrected chi connectivity index (χ0v) is 19.7. The van der Waals surface area contributed by atoms with E-state index in [0.29, 0.717) is 17.2 Å². The molecule has 4 aromatic rings. The van der Waals surface area contributed by atoms with Crippen molar-refractivity contribution in [1.82, 2.24) is 14.8 Å². The molecular weight excluding hydrogens is 483 g/mol. The first-order valence-electron chi connectivity index (χ1n) is 11.6. The number of aromatic nitrogens is 3. The van der Waals surface area contributed by atoms with Gasteiger partial charge in [0, 0.05) is 40.7 Å². The number of pyridine rings is 1. The Morgan fingerprint density at radius 1 is 0.973 bits per heavy atom. The zero-order chi connectivity index (χ0) is 26.2. The van der Waals surface area contributed by atoms with Crippen molar-refractivity contribution in [2.75, 3.05) is 10.6 Å². The fourth-order valence-corrected chi connectivity index (χ4v) is 3.79. The molecule has 1 fully saturated rings. The summed E-state index contributed by atoms with van der Waals surface area (Å²) in [6, 6.07) is 13.0. The number of aryl methyl sites for hydroxylation is 1. The van der Waals surface area contributed by atoms with E-state index in [2.05, 4.69) is 20.7 Å². The lowest BCUT2D eigenvalue weighted by atomic mass is 10.1. The maximum atomic E-state index is 13.0. The quantitative estimate of drug-likeness (QED) is 0.343. The lowest BCUT2D eigenvalue weighted by Gasteiger charge is -2.12. The second kappa shape index (κ2) is 9.53. The summed E-state index contributed by atoms with van der Waals surface area (Å²) in [5, 5.41) is 9.88. The molecule has 2 amide bonds. The van der Waals surface area contributed by atoms with E-state index < -0.39 is 17.6 Å². The van der Waals surface area contributed by atoms with Crippen molar-refractivity contribution in [3.05, 3.63) is 89.9 Å². The number of amides is 2. The summed E-state index contributed by atoms with van der Waals surface area (Å²) < 4.78 is 40.7. The van der Waals surface area contributed by atoms with Crippen molar-refractivity contribution in [3.63, 3.8) is 0 Å². The smallest absolute Gasteiger partial charge is 0.322 e. The number of benzene rings is 2. The van der Waals surface area contributed by atoms with Gasteiger partial charge in [-0.2, -0.15) is 18.3 Å². The minimum Gasteiger partial charge on any atom is -0.322 e. The third-order valence-corrected chi connectivity index (χ3v) is 6.04. The molecule has 188 valence electrons. The van der Waals surface area contributed by atoms with Gasteiger partial charge in [-0.25, -0.2) is 9.67 Å². The van der Waals surface area contributed by atoms with Gasteiger partial charge in [0.2, 0.25) is 5.91 Å². The highest BCUT2D eigenvalue weighted by Gasteiger charge is 2.31. The Bertz CT molecular complexity index is 1470. The van der Waals surface area contributed by atoms with Crippen molar-refractivity contribution >= 4 is 23.3 Å². The normalized spacial score (nSPS) is 13.3. The number of anilines is 2. The van der Waals surface area contributed by atoms with E-state index >= 15 is 0 Å². The molecule has 0 unspecified atom stereocenters. The molecule has 0 saturated heterocycles. The maximum Gasteiger partial charge on any atom is 0.416 e. The third kappa shape index (κ3) is 5.53. The van der Waals surface area contributed by atoms with Crippen LogP contribution in [0.5, 0.6) is 0 Å². The molecular formula is C27H22F3N5O2. The van der Waals surface area contributed by atoms with Crippen LogP contribution in [0.2, 0.25) is 0 Å². The Morgan fingerprint density at radius 3 is 2.49 bits per heavy atom. The second-order valence-electron chi connectivity index (χ2n) is 8.90. The summed E-state index contributed by atoms with van der Waals surface area (Å²) in [5.41, 5.74) is 2.60. The van der Waals surface area contributed by atoms with E-state index in [0.717, 1.165) is 41.7 Å². The molecule has 2 aromatic heterocycles. The van der Waals surface area contributed by atoms with Gasteiger partial charge in [0.1, 0.15) is 5.82 Å². The monoisotopic (exact) mass is 505 g/mol. The fraction of sp³-hybridized carbons (Fsp3) is 0.185. The lowest BCUT2D eigenvalue weighted by Crippen LogP contribution is -2.14. The molecule has 0 aliphatic heterocycles. The van der Waals surface area contributed by atoms with Gasteiger partial charge in [0.15, 0.2) is 0 Å². The molecule has 1 saturated carbocycles. The largest absolute Gasteiger partial charge is 0.416 e. The number of nitrogens with one attached hydrogen (secondary N) is 2. The van der Waals surface area contributed by atoms with E-state index in [-0.39, 0.29) is 17.4 Å². The van der Waals surface area contributed by atoms with E-state index in [1.54, 1.807) is 47.5 Å². The summed E-state index contributed by atoms with van der Waals surface area (Å²) in [6.45, 7) is 1.88. The van der Waals surface area contributed by atoms with Crippen LogP contribution in [0.1, 0.15) is 34.3 Å². The van der Waals surface area contributed by atoms with Gasteiger partial charge in [-0.15, -0.1) is 0 Å². The summed E-state index contributed by atoms with van der Waals surface area (Å²) in [7, 11) is 0. The van der Waals surface area contributed by atoms with Gasteiger partial charge in [-0.1, -0.05) is 12.1 Å². The van der Waals surface area contributed by atoms with Crippen molar-refractivity contribution in [2.24, 2.45) is 5.92 Å². The summed E-state index contributed by atoms with van der Waals surface area (Å²) >= 11 is 0. The zero-order valence-electron chi connectivity index (χ0n) is 19.7. The van der Waals surface area contributed by atoms with Crippen LogP contribution in [0, 0.1) is 12.8 Å². The highest BCUT2D eigenvalue weighted by atomic mass is 19.4. The molecule has 5 rings (SSSR count). The predicted octanol–water partition coefficient (Wildman–Crippen LogP) is 5.86. The van der Waals surface area contributed by atoms with Crippen LogP contribution in [0.3, 0.4) is 0 Å². The van der Waals surface area contributed by atoms with Crippen molar-refractivity contribution < 1.29 is 22.8 Å². The number of rotatable bonds is 6. The van der Waals surface area contributed by atoms with Gasteiger partial charge < -0.3 is 10.6 Å². The molecule has 1 aliphatic carbocycles. The highest BCUT2D eigenvalue weighted by Crippen LogP contribution is 2.31. The predicted molar refractivity (Wildman–Crippen MR) is 132 cm³/mol. The number of nitrogens with zero attached hydrogens (tertiary/aromatic N) is 3. The fourth-order valence-electron chi connectivity index (χ4n) is 3.79. The first kappa shape index (κ1) is 24.2. The second-order valence-corrected chi connectivity index (χ2v) is 8.90. The van der Waals surface area contributed by atoms with Gasteiger partial charge in [0.25, 0.3) is 5.91 Å². The number of hydrogen-bond acceptors (Lipinski definition) is 4. The first-order chi connectivity index (χ1) is 17.7. The Labute approximate surface area is 210 Å². The molecule has 2 N–H and O–H groups in total. The number of carbonyl (C=O) groups excluding carboxylic acids is 2. The van der Waals surface area contributed by atoms with Crippen LogP contribution in [-0.4, -0.2) is 26.6 Å². The van der Waals surface area contributed by atoms with Crippen LogP contribution in [0.25, 0.3) is 16.8 Å². The van der Waals surface area contributed by atoms with Crippen LogP contribution < -0.4 is 10.6 Å². The Balaban J connectivity index is 1.32. The highest BCUT2D eigenvalue weighted by molar-refractivity contribution is 6.04. The molecule has 0 radical (unpaired) electrons. The molecule has 37 heavy (non-hydrogen) atoms. The van der Waals surface area contributed by atoms with Crippen molar-refractivity contribution in [3.8, 4) is 16.8 Å². The molecule has 0 spiro atoms. The standard InChI is InChI=1S/C27H22F3N5O2/c1-16-5-9-22(33-26(37)18-3-2-4-21(11-18)27(28,29)30)12-23(16)35-15-20(14-32-35)19-8-10-24(31-13-19)34-25(36)17-6-7-17/h2-5,8-15,17H,6-7H2,1H3,(H,33,37)(H,31,34,36). The Hall–Kier alpha value is -4.47. The molecule has 2 aromatic carbocycles. The number of alkyl halides is 3. The molecule has 1 aliphatic rings. The minimum absolute atomic E-state index is 0.0106. The average molecular weight is 506 g/mol. The summed E-state index contributed by atoms with van der Waals surface area (Å²) in [4.78, 5) is 28.8. The number of hydrogen-bond donors (Lipinski definition) is 2. The minimum atomic E-state index is -4.54. The van der Waals surface area contributed by atoms with Gasteiger partial charge in [-0.3, -0.25) is 9.59 Å². The first-order valence-corrected chi connectivity index (χ1v) is 11.6. The van der Waals surface area contributed by atoms with Crippen LogP contribution in [0.15, 0.2) is 73.2 Å². The van der Waals surface area contributed by atoms with E-state index in [4.69, 9.17) is 0 Å². The van der Waals surface area contributed by atoms with Crippen LogP contribution in [0.4, 0.5) is 24.7 Å². The van der Waals surface area contributed by atoms with E-state index in [1.165, 1.54) is 12.1 Å². The van der Waals surface area contributed by atoms with E-state index in [9.17, 15) is 22.8 Å². The topological polar surface area (TPSA) is 88.9 Å². The molecule has 2 heterocycles. The van der Waals surface area contributed by atoms with Crippen LogP contribution in [-0.2, 0) is 11.0 Å². The van der Waals surface area contributed by atoms with Crippen molar-refractivity contribution in [1.29, 1.82) is 0 Å². The van der Waals surface area contributed by atoms with Gasteiger partial charge in [-0.05, 0) is 67.8 Å². The van der Waals surface area contributed by atoms with Gasteiger partial charge in [0.05, 0.1) is 17.4 Å². The average Bonchev–Trinajstić information content (AvgIpc) is 3.62. The SMILES string of the molecule is Cc1ccc(NC(=O)c2cccc(C(F)(F)F)c2)cc1-n1cc(-c2ccc(NC(=O)C3CC3)nc2)cn1. The van der Waals surface area contributed by atoms with Crippen molar-refractivity contribution in [2.45, 2.75) is 25.9 Å². The Morgan fingerprint density at radius 2 is 1.78 bits per heavy atom. The number of halogens is 3. The molecule has 7 nitrogen and oxygen atoms in total. The third-order valence-electron chi connectivity index (χ3n) is 6.04. The number of carbonyl (C=O) groups is 2. The summed E-state index contributed by atoms with van der Waals surface area (Å²) in [5.74, 6) is -0.0766. The molecule has 10 heteroatoms. The van der Waals surface area contributed by atoms with Gasteiger partial charge >= 0.3 is 6.18 Å². The van der Waals surface area contributed by atoms with Crippen LogP contribution >= 0.6 is 0 Å². The summed E-state index contributed by atoms with van der Waals surface area (Å²) in [6.07, 6.45) is 2.43. The Kier molecular flexibility index (Phi) is 6.24. The maximum absolute atomic E-state index is 13.0.